The molecule has 1 unspecified atom stereocenters. The van der Waals surface area contributed by atoms with Crippen LogP contribution < -0.4 is 11.1 Å². The first kappa shape index (κ1) is 17.0. The summed E-state index contributed by atoms with van der Waals surface area (Å²) in [6, 6.07) is -0.259. The Hall–Kier alpha value is -2.03. The summed E-state index contributed by atoms with van der Waals surface area (Å²) in [5, 5.41) is 11.5. The first-order valence-corrected chi connectivity index (χ1v) is 6.92. The summed E-state index contributed by atoms with van der Waals surface area (Å²) >= 11 is 4.03. The molecule has 1 aromatic heterocycles. The minimum Gasteiger partial charge on any atom is -0.464 e. The first-order chi connectivity index (χ1) is 9.83. The predicted molar refractivity (Wildman–Crippen MR) is 78.1 cm³/mol. The van der Waals surface area contributed by atoms with Crippen LogP contribution in [0, 0.1) is 5.92 Å². The number of nitrogens with one attached hydrogen (secondary N) is 1. The lowest BCUT2D eigenvalue weighted by atomic mass is 10.1. The number of nitrogens with two attached hydrogens (primary N) is 1. The second kappa shape index (κ2) is 7.67. The molecule has 4 N–H and O–H groups in total. The number of carboxylic acid groups (broad SMARTS) is 1. The highest BCUT2D eigenvalue weighted by atomic mass is 32.1. The highest BCUT2D eigenvalue weighted by Crippen LogP contribution is 2.07. The zero-order valence-electron chi connectivity index (χ0n) is 11.5. The van der Waals surface area contributed by atoms with E-state index in [-0.39, 0.29) is 24.1 Å². The van der Waals surface area contributed by atoms with Crippen molar-refractivity contribution in [3.05, 3.63) is 18.2 Å². The number of carbonyl (C=O) groups excluding carboxylic acids is 2. The van der Waals surface area contributed by atoms with Gasteiger partial charge in [0.25, 0.3) is 0 Å². The smallest absolute Gasteiger partial charge is 0.416 e. The highest BCUT2D eigenvalue weighted by Gasteiger charge is 2.21. The van der Waals surface area contributed by atoms with E-state index in [1.165, 1.54) is 12.5 Å². The van der Waals surface area contributed by atoms with Crippen molar-refractivity contribution in [1.82, 2.24) is 14.9 Å². The van der Waals surface area contributed by atoms with E-state index in [0.29, 0.717) is 12.1 Å². The summed E-state index contributed by atoms with van der Waals surface area (Å²) in [6.07, 6.45) is 1.76. The van der Waals surface area contributed by atoms with Crippen LogP contribution in [0.5, 0.6) is 0 Å². The van der Waals surface area contributed by atoms with E-state index >= 15 is 0 Å². The van der Waals surface area contributed by atoms with Crippen molar-refractivity contribution in [3.63, 3.8) is 0 Å². The van der Waals surface area contributed by atoms with E-state index in [1.807, 2.05) is 0 Å². The van der Waals surface area contributed by atoms with Crippen molar-refractivity contribution in [3.8, 4) is 0 Å². The van der Waals surface area contributed by atoms with Gasteiger partial charge in [0.1, 0.15) is 6.33 Å². The van der Waals surface area contributed by atoms with Crippen LogP contribution in [0.4, 0.5) is 4.79 Å². The van der Waals surface area contributed by atoms with E-state index in [4.69, 9.17) is 10.8 Å². The zero-order chi connectivity index (χ0) is 16.0. The predicted octanol–water partition coefficient (Wildman–Crippen LogP) is -0.122. The topological polar surface area (TPSA) is 127 Å². The number of imidazole rings is 1. The van der Waals surface area contributed by atoms with Crippen LogP contribution in [0.3, 0.4) is 0 Å². The minimum atomic E-state index is -1.12. The van der Waals surface area contributed by atoms with Crippen molar-refractivity contribution in [2.75, 3.05) is 5.75 Å². The average molecular weight is 314 g/mol. The van der Waals surface area contributed by atoms with Crippen molar-refractivity contribution < 1.29 is 19.5 Å². The maximum Gasteiger partial charge on any atom is 0.416 e. The van der Waals surface area contributed by atoms with Crippen molar-refractivity contribution in [2.45, 2.75) is 25.8 Å². The van der Waals surface area contributed by atoms with Crippen molar-refractivity contribution >= 4 is 30.5 Å². The van der Waals surface area contributed by atoms with E-state index < -0.39 is 17.9 Å². The van der Waals surface area contributed by atoms with E-state index in [1.54, 1.807) is 6.92 Å². The normalized spacial score (nSPS) is 13.4. The van der Waals surface area contributed by atoms with Gasteiger partial charge in [0, 0.05) is 30.8 Å². The van der Waals surface area contributed by atoms with Crippen molar-refractivity contribution in [1.29, 1.82) is 0 Å². The highest BCUT2D eigenvalue weighted by molar-refractivity contribution is 7.80. The number of primary amides is 1. The van der Waals surface area contributed by atoms with Crippen LogP contribution in [0.25, 0.3) is 0 Å². The van der Waals surface area contributed by atoms with Crippen molar-refractivity contribution in [2.24, 2.45) is 11.7 Å². The van der Waals surface area contributed by atoms with Gasteiger partial charge in [-0.1, -0.05) is 0 Å². The lowest BCUT2D eigenvalue weighted by Crippen LogP contribution is -2.40. The largest absolute Gasteiger partial charge is 0.464 e. The molecular weight excluding hydrogens is 296 g/mol. The molecule has 1 heterocycles. The summed E-state index contributed by atoms with van der Waals surface area (Å²) in [7, 11) is 0. The molecule has 0 radical (unpaired) electrons. The summed E-state index contributed by atoms with van der Waals surface area (Å²) in [5.74, 6) is -1.23. The third kappa shape index (κ3) is 5.46. The Balaban J connectivity index is 2.55. The number of amides is 2. The van der Waals surface area contributed by atoms with Gasteiger partial charge < -0.3 is 16.2 Å². The molecule has 0 bridgehead atoms. The molecule has 0 saturated carbocycles. The number of thiol groups is 1. The Labute approximate surface area is 127 Å². The van der Waals surface area contributed by atoms with Gasteiger partial charge in [-0.15, -0.1) is 0 Å². The Bertz CT molecular complexity index is 531. The summed E-state index contributed by atoms with van der Waals surface area (Å²) in [4.78, 5) is 37.4. The second-order valence-corrected chi connectivity index (χ2v) is 5.08. The van der Waals surface area contributed by atoms with Gasteiger partial charge in [0.2, 0.25) is 11.8 Å². The standard InChI is InChI=1S/C12H18N4O4S/c1-7(2-9-4-16(6-14-9)12(19)20)15-11(18)8(5-21)3-10(13)17/h4,6-8,21H,2-3,5H2,1H3,(H2,13,17)(H,15,18)(H,19,20)/t7-,8?/m1/s1. The number of rotatable bonds is 7. The SMILES string of the molecule is C[C@H](Cc1cn(C(=O)O)cn1)NC(=O)C(CS)CC(N)=O. The zero-order valence-corrected chi connectivity index (χ0v) is 12.4. The lowest BCUT2D eigenvalue weighted by molar-refractivity contribution is -0.128. The number of hydrogen-bond donors (Lipinski definition) is 4. The molecule has 21 heavy (non-hydrogen) atoms. The molecule has 1 rings (SSSR count). The Morgan fingerprint density at radius 3 is 2.67 bits per heavy atom. The molecule has 0 aromatic carbocycles. The van der Waals surface area contributed by atoms with Gasteiger partial charge in [-0.05, 0) is 6.92 Å². The van der Waals surface area contributed by atoms with Gasteiger partial charge in [-0.3, -0.25) is 9.59 Å². The Morgan fingerprint density at radius 2 is 2.19 bits per heavy atom. The van der Waals surface area contributed by atoms with E-state index in [2.05, 4.69) is 22.9 Å². The van der Waals surface area contributed by atoms with Crippen LogP contribution in [-0.4, -0.2) is 44.4 Å². The molecule has 0 saturated heterocycles. The molecule has 0 aliphatic heterocycles. The summed E-state index contributed by atoms with van der Waals surface area (Å²) in [6.45, 7) is 1.76. The summed E-state index contributed by atoms with van der Waals surface area (Å²) < 4.78 is 0.938. The second-order valence-electron chi connectivity index (χ2n) is 4.72. The average Bonchev–Trinajstić information content (AvgIpc) is 2.83. The number of hydrogen-bond acceptors (Lipinski definition) is 5. The molecule has 0 aliphatic rings. The van der Waals surface area contributed by atoms with Crippen LogP contribution in [-0.2, 0) is 16.0 Å². The maximum absolute atomic E-state index is 11.9. The van der Waals surface area contributed by atoms with Gasteiger partial charge in [-0.2, -0.15) is 12.6 Å². The quantitative estimate of drug-likeness (QED) is 0.522. The van der Waals surface area contributed by atoms with Gasteiger partial charge in [0.15, 0.2) is 0 Å². The molecule has 8 nitrogen and oxygen atoms in total. The number of nitrogens with zero attached hydrogens (tertiary/aromatic N) is 2. The fourth-order valence-electron chi connectivity index (χ4n) is 1.78. The van der Waals surface area contributed by atoms with Crippen LogP contribution >= 0.6 is 12.6 Å². The van der Waals surface area contributed by atoms with Gasteiger partial charge >= 0.3 is 6.09 Å². The molecule has 116 valence electrons. The first-order valence-electron chi connectivity index (χ1n) is 6.29. The molecular formula is C12H18N4O4S. The maximum atomic E-state index is 11.9. The monoisotopic (exact) mass is 314 g/mol. The van der Waals surface area contributed by atoms with Crippen LogP contribution in [0.15, 0.2) is 12.5 Å². The lowest BCUT2D eigenvalue weighted by Gasteiger charge is -2.17. The molecule has 0 aliphatic carbocycles. The molecule has 0 fully saturated rings. The van der Waals surface area contributed by atoms with Crippen LogP contribution in [0.1, 0.15) is 19.0 Å². The third-order valence-electron chi connectivity index (χ3n) is 2.80. The number of aromatic nitrogens is 2. The van der Waals surface area contributed by atoms with Gasteiger partial charge in [0.05, 0.1) is 11.6 Å². The Morgan fingerprint density at radius 1 is 1.52 bits per heavy atom. The Kier molecular flexibility index (Phi) is 6.22. The van der Waals surface area contributed by atoms with Crippen LogP contribution in [0.2, 0.25) is 0 Å². The van der Waals surface area contributed by atoms with E-state index in [9.17, 15) is 14.4 Å². The molecule has 1 aromatic rings. The molecule has 2 amide bonds. The third-order valence-corrected chi connectivity index (χ3v) is 3.24. The fraction of sp³-hybridized carbons (Fsp3) is 0.500. The van der Waals surface area contributed by atoms with E-state index in [0.717, 1.165) is 4.57 Å². The molecule has 9 heteroatoms. The fourth-order valence-corrected chi connectivity index (χ4v) is 2.08. The molecule has 2 atom stereocenters. The summed E-state index contributed by atoms with van der Waals surface area (Å²) in [5.41, 5.74) is 5.61. The van der Waals surface area contributed by atoms with Gasteiger partial charge in [-0.25, -0.2) is 14.3 Å². The molecule has 0 spiro atoms. The number of carbonyl (C=O) groups is 3. The minimum absolute atomic E-state index is 0.0598.